The van der Waals surface area contributed by atoms with E-state index in [-0.39, 0.29) is 18.1 Å². The Bertz CT molecular complexity index is 1530. The van der Waals surface area contributed by atoms with E-state index in [9.17, 15) is 15.2 Å². The summed E-state index contributed by atoms with van der Waals surface area (Å²) < 4.78 is 12.7. The predicted molar refractivity (Wildman–Crippen MR) is 142 cm³/mol. The summed E-state index contributed by atoms with van der Waals surface area (Å²) in [5, 5.41) is 33.3. The minimum Gasteiger partial charge on any atom is -0.386 e. The third kappa shape index (κ3) is 4.86. The number of hydrogen-bond acceptors (Lipinski definition) is 8. The van der Waals surface area contributed by atoms with Crippen LogP contribution in [0.1, 0.15) is 50.6 Å². The van der Waals surface area contributed by atoms with Crippen LogP contribution in [0.3, 0.4) is 0 Å². The summed E-state index contributed by atoms with van der Waals surface area (Å²) in [5.41, 5.74) is 3.89. The molecule has 0 aliphatic carbocycles. The molecule has 38 heavy (non-hydrogen) atoms. The van der Waals surface area contributed by atoms with Gasteiger partial charge in [-0.2, -0.15) is 5.26 Å². The van der Waals surface area contributed by atoms with Crippen LogP contribution in [0.15, 0.2) is 47.0 Å². The quantitative estimate of drug-likeness (QED) is 0.250. The van der Waals surface area contributed by atoms with Crippen molar-refractivity contribution in [3.05, 3.63) is 76.2 Å². The highest BCUT2D eigenvalue weighted by Crippen LogP contribution is 2.44. The van der Waals surface area contributed by atoms with Crippen molar-refractivity contribution in [2.75, 3.05) is 6.61 Å². The molecule has 11 heteroatoms. The van der Waals surface area contributed by atoms with Gasteiger partial charge in [0.2, 0.25) is 0 Å². The number of hydrogen-bond donors (Lipinski definition) is 1. The third-order valence-electron chi connectivity index (χ3n) is 6.86. The van der Waals surface area contributed by atoms with Crippen LogP contribution in [0.5, 0.6) is 0 Å². The highest BCUT2D eigenvalue weighted by Gasteiger charge is 2.43. The molecule has 0 radical (unpaired) electrons. The molecule has 0 saturated heterocycles. The fourth-order valence-corrected chi connectivity index (χ4v) is 5.57. The van der Waals surface area contributed by atoms with Gasteiger partial charge in [0.1, 0.15) is 30.2 Å². The van der Waals surface area contributed by atoms with E-state index in [4.69, 9.17) is 9.26 Å². The zero-order valence-corrected chi connectivity index (χ0v) is 22.9. The van der Waals surface area contributed by atoms with Crippen molar-refractivity contribution >= 4 is 25.0 Å². The number of aliphatic hydroxyl groups excluding tert-OH is 1. The maximum absolute atomic E-state index is 13.5. The second-order valence-electron chi connectivity index (χ2n) is 10.8. The Kier molecular flexibility index (Phi) is 6.87. The highest BCUT2D eigenvalue weighted by molar-refractivity contribution is 6.76. The summed E-state index contributed by atoms with van der Waals surface area (Å²) in [5.74, 6) is 0.146. The third-order valence-corrected chi connectivity index (χ3v) is 8.56. The van der Waals surface area contributed by atoms with E-state index < -0.39 is 20.2 Å². The molecular weight excluding hydrogens is 500 g/mol. The van der Waals surface area contributed by atoms with Gasteiger partial charge < -0.3 is 19.3 Å². The van der Waals surface area contributed by atoms with Crippen LogP contribution in [0, 0.1) is 18.3 Å². The Labute approximate surface area is 221 Å². The number of aliphatic hydroxyl groups is 1. The van der Waals surface area contributed by atoms with E-state index in [1.54, 1.807) is 28.6 Å². The summed E-state index contributed by atoms with van der Waals surface area (Å²) in [6.45, 7) is 9.83. The first-order chi connectivity index (χ1) is 18.2. The van der Waals surface area contributed by atoms with Gasteiger partial charge in [0.15, 0.2) is 5.69 Å². The number of ether oxygens (including phenoxy) is 1. The van der Waals surface area contributed by atoms with Crippen molar-refractivity contribution in [1.29, 1.82) is 5.26 Å². The average molecular weight is 531 g/mol. The fourth-order valence-electron chi connectivity index (χ4n) is 4.81. The monoisotopic (exact) mass is 530 g/mol. The number of rotatable bonds is 9. The zero-order chi connectivity index (χ0) is 27.0. The van der Waals surface area contributed by atoms with Crippen LogP contribution in [0.25, 0.3) is 11.0 Å². The van der Waals surface area contributed by atoms with Crippen molar-refractivity contribution < 1.29 is 19.2 Å². The topological polar surface area (TPSA) is 130 Å². The molecule has 5 rings (SSSR count). The molecule has 1 N–H and O–H groups in total. The van der Waals surface area contributed by atoms with Crippen molar-refractivity contribution in [3.63, 3.8) is 0 Å². The predicted octanol–water partition coefficient (Wildman–Crippen LogP) is 4.34. The molecule has 0 fully saturated rings. The summed E-state index contributed by atoms with van der Waals surface area (Å²) in [6.07, 6.45) is -1.19. The number of nitriles is 1. The molecule has 3 heterocycles. The largest absolute Gasteiger partial charge is 0.386 e. The summed E-state index contributed by atoms with van der Waals surface area (Å²) in [7, 11) is -1.17. The van der Waals surface area contributed by atoms with Gasteiger partial charge in [-0.05, 0) is 42.3 Å². The van der Waals surface area contributed by atoms with Gasteiger partial charge in [0.05, 0.1) is 17.1 Å². The first-order valence-corrected chi connectivity index (χ1v) is 16.2. The lowest BCUT2D eigenvalue weighted by atomic mass is 9.94. The van der Waals surface area contributed by atoms with Crippen molar-refractivity contribution in [2.45, 2.75) is 58.0 Å². The van der Waals surface area contributed by atoms with Crippen LogP contribution in [0.2, 0.25) is 25.7 Å². The van der Waals surface area contributed by atoms with Gasteiger partial charge >= 0.3 is 0 Å². The number of aromatic nitrogens is 4. The minimum absolute atomic E-state index is 0.0110. The van der Waals surface area contributed by atoms with Crippen LogP contribution in [-0.2, 0) is 18.0 Å². The van der Waals surface area contributed by atoms with Crippen molar-refractivity contribution in [1.82, 2.24) is 25.1 Å². The summed E-state index contributed by atoms with van der Waals surface area (Å²) >= 11 is 0. The molecule has 10 nitrogen and oxygen atoms in total. The molecule has 0 saturated carbocycles. The Morgan fingerprint density at radius 1 is 1.24 bits per heavy atom. The number of nitrogens with zero attached hydrogens (tertiary/aromatic N) is 6. The normalized spacial score (nSPS) is 16.2. The van der Waals surface area contributed by atoms with Gasteiger partial charge in [0.25, 0.3) is 5.91 Å². The number of benzene rings is 2. The smallest absolute Gasteiger partial charge is 0.255 e. The number of fused-ring (bicyclic) bond motifs is 2. The van der Waals surface area contributed by atoms with Gasteiger partial charge in [0, 0.05) is 26.8 Å². The molecular formula is C27H30N6O4Si. The first kappa shape index (κ1) is 25.8. The Morgan fingerprint density at radius 2 is 2.03 bits per heavy atom. The molecule has 4 aromatic rings. The first-order valence-electron chi connectivity index (χ1n) is 12.5. The molecule has 2 aromatic carbocycles. The fraction of sp³-hybridized carbons (Fsp3) is 0.370. The number of aryl methyl sites for hydroxylation is 1. The van der Waals surface area contributed by atoms with Gasteiger partial charge in [-0.1, -0.05) is 54.3 Å². The number of carbonyl (C=O) groups excluding carboxylic acids is 1. The van der Waals surface area contributed by atoms with Crippen LogP contribution >= 0.6 is 0 Å². The van der Waals surface area contributed by atoms with E-state index in [1.807, 2.05) is 36.4 Å². The molecule has 0 bridgehead atoms. The minimum atomic E-state index is -1.19. The van der Waals surface area contributed by atoms with Gasteiger partial charge in [-0.25, -0.2) is 4.68 Å². The SMILES string of the molecule is Cc1onc(C#N)c1C(O)C1c2ccccc2C(=O)N1Cc1ccc2c(c1)nnn2COCC[Si](C)(C)C. The van der Waals surface area contributed by atoms with Crippen LogP contribution < -0.4 is 0 Å². The Hall–Kier alpha value is -3.85. The summed E-state index contributed by atoms with van der Waals surface area (Å²) in [6, 6.07) is 15.3. The average Bonchev–Trinajstić information content (AvgIpc) is 3.55. The van der Waals surface area contributed by atoms with Crippen LogP contribution in [-0.4, -0.2) is 50.7 Å². The Morgan fingerprint density at radius 3 is 2.79 bits per heavy atom. The number of carbonyl (C=O) groups is 1. The molecule has 1 aliphatic rings. The maximum atomic E-state index is 13.5. The molecule has 2 unspecified atom stereocenters. The molecule has 2 aromatic heterocycles. The lowest BCUT2D eigenvalue weighted by Gasteiger charge is -2.29. The Balaban J connectivity index is 1.40. The maximum Gasteiger partial charge on any atom is 0.255 e. The van der Waals surface area contributed by atoms with Crippen molar-refractivity contribution in [3.8, 4) is 6.07 Å². The second kappa shape index (κ2) is 10.1. The molecule has 1 amide bonds. The van der Waals surface area contributed by atoms with E-state index in [2.05, 4.69) is 35.1 Å². The standard InChI is InChI=1S/C27H30N6O4Si/c1-17-24(22(14-28)30-37-17)26(34)25-19-7-5-6-8-20(19)27(35)32(25)15-18-9-10-23-21(13-18)29-31-33(23)16-36-11-12-38(2,3)4/h5-10,13,25-26,34H,11-12,15-16H2,1-4H3. The van der Waals surface area contributed by atoms with E-state index in [0.29, 0.717) is 41.3 Å². The van der Waals surface area contributed by atoms with Gasteiger partial charge in [-0.3, -0.25) is 4.79 Å². The zero-order valence-electron chi connectivity index (χ0n) is 21.9. The van der Waals surface area contributed by atoms with Crippen LogP contribution in [0.4, 0.5) is 0 Å². The van der Waals surface area contributed by atoms with Crippen molar-refractivity contribution in [2.24, 2.45) is 0 Å². The van der Waals surface area contributed by atoms with E-state index >= 15 is 0 Å². The van der Waals surface area contributed by atoms with Gasteiger partial charge in [-0.15, -0.1) is 5.10 Å². The second-order valence-corrected chi connectivity index (χ2v) is 16.4. The molecule has 196 valence electrons. The number of amides is 1. The molecule has 1 aliphatic heterocycles. The van der Waals surface area contributed by atoms with E-state index in [1.165, 1.54) is 0 Å². The summed E-state index contributed by atoms with van der Waals surface area (Å²) in [4.78, 5) is 15.1. The molecule has 0 spiro atoms. The van der Waals surface area contributed by atoms with E-state index in [0.717, 1.165) is 17.1 Å². The lowest BCUT2D eigenvalue weighted by molar-refractivity contribution is 0.0394. The highest BCUT2D eigenvalue weighted by atomic mass is 28.3. The lowest BCUT2D eigenvalue weighted by Crippen LogP contribution is -2.31. The molecule has 2 atom stereocenters.